The summed E-state index contributed by atoms with van der Waals surface area (Å²) in [5.74, 6) is -0.899. The number of amides is 1. The first-order valence-corrected chi connectivity index (χ1v) is 13.7. The predicted octanol–water partition coefficient (Wildman–Crippen LogP) is 6.55. The van der Waals surface area contributed by atoms with E-state index in [-0.39, 0.29) is 11.3 Å². The summed E-state index contributed by atoms with van der Waals surface area (Å²) in [5.41, 5.74) is 1.51. The van der Waals surface area contributed by atoms with Gasteiger partial charge >= 0.3 is 5.91 Å². The Balaban J connectivity index is 1.65. The summed E-state index contributed by atoms with van der Waals surface area (Å²) in [7, 11) is 1.53. The molecular formula is C29H26ClN3O5S. The molecular weight excluding hydrogens is 538 g/mol. The maximum atomic E-state index is 13.5. The monoisotopic (exact) mass is 563 g/mol. The zero-order chi connectivity index (χ0) is 27.5. The van der Waals surface area contributed by atoms with Gasteiger partial charge in [-0.05, 0) is 54.4 Å². The Morgan fingerprint density at radius 1 is 1.08 bits per heavy atom. The first-order chi connectivity index (χ1) is 18.9. The number of thiazole rings is 1. The van der Waals surface area contributed by atoms with Gasteiger partial charge in [0.1, 0.15) is 5.76 Å². The van der Waals surface area contributed by atoms with E-state index in [1.807, 2.05) is 0 Å². The number of anilines is 1. The fourth-order valence-corrected chi connectivity index (χ4v) is 5.78. The summed E-state index contributed by atoms with van der Waals surface area (Å²) in [5, 5.41) is 12.1. The number of hydrogen-bond donors (Lipinski definition) is 1. The highest BCUT2D eigenvalue weighted by Crippen LogP contribution is 2.46. The van der Waals surface area contributed by atoms with E-state index in [2.05, 4.69) is 16.9 Å². The molecule has 2 aromatic carbocycles. The molecule has 0 radical (unpaired) electrons. The van der Waals surface area contributed by atoms with Crippen LogP contribution in [0.15, 0.2) is 66.5 Å². The zero-order valence-corrected chi connectivity index (χ0v) is 23.0. The van der Waals surface area contributed by atoms with E-state index in [1.165, 1.54) is 35.7 Å². The first-order valence-electron chi connectivity index (χ1n) is 12.5. The van der Waals surface area contributed by atoms with E-state index in [9.17, 15) is 14.7 Å². The molecule has 1 saturated heterocycles. The molecule has 1 N–H and O–H groups in total. The van der Waals surface area contributed by atoms with Gasteiger partial charge in [0.15, 0.2) is 16.6 Å². The Morgan fingerprint density at radius 3 is 2.62 bits per heavy atom. The molecule has 5 rings (SSSR count). The number of pyridine rings is 1. The average Bonchev–Trinajstić information content (AvgIpc) is 3.48. The molecule has 1 aliphatic heterocycles. The normalized spacial score (nSPS) is 16.7. The molecule has 0 aliphatic carbocycles. The second-order valence-electron chi connectivity index (χ2n) is 8.98. The van der Waals surface area contributed by atoms with Crippen LogP contribution in [0.1, 0.15) is 43.4 Å². The fourth-order valence-electron chi connectivity index (χ4n) is 4.51. The number of unbranched alkanes of at least 4 members (excludes halogenated alkanes) is 2. The molecule has 39 heavy (non-hydrogen) atoms. The largest absolute Gasteiger partial charge is 0.507 e. The quantitative estimate of drug-likeness (QED) is 0.107. The van der Waals surface area contributed by atoms with Crippen molar-refractivity contribution in [2.24, 2.45) is 0 Å². The highest BCUT2D eigenvalue weighted by molar-refractivity contribution is 7.22. The van der Waals surface area contributed by atoms with Gasteiger partial charge in [-0.2, -0.15) is 0 Å². The van der Waals surface area contributed by atoms with Crippen molar-refractivity contribution in [3.63, 3.8) is 0 Å². The van der Waals surface area contributed by atoms with Crippen LogP contribution in [-0.2, 0) is 9.59 Å². The summed E-state index contributed by atoms with van der Waals surface area (Å²) in [6.07, 6.45) is 6.05. The Kier molecular flexibility index (Phi) is 7.81. The number of carbonyl (C=O) groups excluding carboxylic acids is 2. The smallest absolute Gasteiger partial charge is 0.301 e. The third-order valence-electron chi connectivity index (χ3n) is 6.45. The van der Waals surface area contributed by atoms with Crippen LogP contribution in [0.3, 0.4) is 0 Å². The summed E-state index contributed by atoms with van der Waals surface area (Å²) in [6, 6.07) is 12.7. The first kappa shape index (κ1) is 26.6. The van der Waals surface area contributed by atoms with Crippen molar-refractivity contribution in [2.75, 3.05) is 18.6 Å². The van der Waals surface area contributed by atoms with Crippen LogP contribution in [0.25, 0.3) is 16.0 Å². The number of ketones is 1. The van der Waals surface area contributed by atoms with Crippen molar-refractivity contribution in [1.82, 2.24) is 9.97 Å². The zero-order valence-electron chi connectivity index (χ0n) is 21.4. The summed E-state index contributed by atoms with van der Waals surface area (Å²) in [4.78, 5) is 36.9. The van der Waals surface area contributed by atoms with Crippen LogP contribution in [0.4, 0.5) is 5.13 Å². The van der Waals surface area contributed by atoms with Crippen molar-refractivity contribution in [2.45, 2.75) is 32.2 Å². The molecule has 10 heteroatoms. The number of nitrogens with zero attached hydrogens (tertiary/aromatic N) is 3. The minimum absolute atomic E-state index is 0.0536. The molecule has 1 amide bonds. The average molecular weight is 564 g/mol. The van der Waals surface area contributed by atoms with Crippen molar-refractivity contribution >= 4 is 55.7 Å². The van der Waals surface area contributed by atoms with E-state index >= 15 is 0 Å². The number of rotatable bonds is 9. The maximum absolute atomic E-state index is 13.5. The number of fused-ring (bicyclic) bond motifs is 1. The minimum Gasteiger partial charge on any atom is -0.507 e. The molecule has 3 heterocycles. The predicted molar refractivity (Wildman–Crippen MR) is 152 cm³/mol. The lowest BCUT2D eigenvalue weighted by atomic mass is 9.95. The standard InChI is InChI=1S/C29H26ClN3O5S/c1-3-4-5-14-38-21-9-6-18(15-22(21)37-2)25-24(26(34)17-10-12-31-13-11-17)27(35)28(36)33(25)29-32-20-8-7-19(30)16-23(20)39-29/h6-13,15-16,25,34H,3-5,14H2,1-2H3. The van der Waals surface area contributed by atoms with E-state index in [0.717, 1.165) is 24.0 Å². The van der Waals surface area contributed by atoms with Crippen molar-refractivity contribution in [3.05, 3.63) is 82.6 Å². The minimum atomic E-state index is -0.961. The molecule has 200 valence electrons. The SMILES string of the molecule is CCCCCOc1ccc(C2C(=C(O)c3ccncc3)C(=O)C(=O)N2c2nc3ccc(Cl)cc3s2)cc1OC. The lowest BCUT2D eigenvalue weighted by Gasteiger charge is -2.24. The molecule has 0 saturated carbocycles. The van der Waals surface area contributed by atoms with Crippen LogP contribution < -0.4 is 14.4 Å². The van der Waals surface area contributed by atoms with E-state index in [0.29, 0.717) is 44.9 Å². The van der Waals surface area contributed by atoms with E-state index < -0.39 is 17.7 Å². The number of ether oxygens (including phenoxy) is 2. The van der Waals surface area contributed by atoms with Crippen LogP contribution >= 0.6 is 22.9 Å². The second kappa shape index (κ2) is 11.4. The molecule has 4 aromatic rings. The van der Waals surface area contributed by atoms with Crippen LogP contribution in [0, 0.1) is 0 Å². The highest BCUT2D eigenvalue weighted by atomic mass is 35.5. The molecule has 2 aromatic heterocycles. The second-order valence-corrected chi connectivity index (χ2v) is 10.4. The van der Waals surface area contributed by atoms with Gasteiger partial charge < -0.3 is 14.6 Å². The highest BCUT2D eigenvalue weighted by Gasteiger charge is 2.48. The number of methoxy groups -OCH3 is 1. The van der Waals surface area contributed by atoms with Crippen molar-refractivity contribution in [1.29, 1.82) is 0 Å². The summed E-state index contributed by atoms with van der Waals surface area (Å²) < 4.78 is 12.3. The van der Waals surface area contributed by atoms with Gasteiger partial charge in [0.05, 0.1) is 35.5 Å². The summed E-state index contributed by atoms with van der Waals surface area (Å²) in [6.45, 7) is 2.66. The maximum Gasteiger partial charge on any atom is 0.301 e. The Bertz CT molecular complexity index is 1570. The van der Waals surface area contributed by atoms with Crippen LogP contribution in [0.2, 0.25) is 5.02 Å². The topological polar surface area (TPSA) is 102 Å². The van der Waals surface area contributed by atoms with Gasteiger partial charge in [-0.25, -0.2) is 4.98 Å². The number of Topliss-reactive ketones (excluding diaryl/α,β-unsaturated/α-hetero) is 1. The Labute approximate surface area is 234 Å². The molecule has 1 atom stereocenters. The number of aliphatic hydroxyl groups excluding tert-OH is 1. The van der Waals surface area contributed by atoms with Gasteiger partial charge in [-0.1, -0.05) is 48.8 Å². The lowest BCUT2D eigenvalue weighted by molar-refractivity contribution is -0.132. The molecule has 0 bridgehead atoms. The molecule has 0 spiro atoms. The van der Waals surface area contributed by atoms with E-state index in [4.69, 9.17) is 21.1 Å². The number of benzene rings is 2. The number of hydrogen-bond acceptors (Lipinski definition) is 8. The van der Waals surface area contributed by atoms with E-state index in [1.54, 1.807) is 48.5 Å². The van der Waals surface area contributed by atoms with Gasteiger partial charge in [-0.3, -0.25) is 19.5 Å². The van der Waals surface area contributed by atoms with Crippen molar-refractivity contribution < 1.29 is 24.2 Å². The molecule has 1 aliphatic rings. The van der Waals surface area contributed by atoms with Crippen LogP contribution in [-0.4, -0.2) is 40.5 Å². The van der Waals surface area contributed by atoms with Gasteiger partial charge in [-0.15, -0.1) is 0 Å². The number of aliphatic hydroxyl groups is 1. The Morgan fingerprint density at radius 2 is 1.87 bits per heavy atom. The third kappa shape index (κ3) is 5.20. The lowest BCUT2D eigenvalue weighted by Crippen LogP contribution is -2.29. The Hall–Kier alpha value is -3.95. The number of carbonyl (C=O) groups is 2. The summed E-state index contributed by atoms with van der Waals surface area (Å²) >= 11 is 7.41. The van der Waals surface area contributed by atoms with Gasteiger partial charge in [0.2, 0.25) is 0 Å². The molecule has 1 unspecified atom stereocenters. The van der Waals surface area contributed by atoms with Crippen LogP contribution in [0.5, 0.6) is 11.5 Å². The molecule has 8 nitrogen and oxygen atoms in total. The van der Waals surface area contributed by atoms with Gasteiger partial charge in [0.25, 0.3) is 5.78 Å². The number of halogens is 1. The third-order valence-corrected chi connectivity index (χ3v) is 7.70. The fraction of sp³-hybridized carbons (Fsp3) is 0.241. The van der Waals surface area contributed by atoms with Crippen molar-refractivity contribution in [3.8, 4) is 11.5 Å². The van der Waals surface area contributed by atoms with Gasteiger partial charge in [0, 0.05) is 23.0 Å². The molecule has 1 fully saturated rings. The number of aromatic nitrogens is 2.